The molecule has 1 aromatic heterocycles. The van der Waals surface area contributed by atoms with E-state index < -0.39 is 0 Å². The Balaban J connectivity index is 1.53. The van der Waals surface area contributed by atoms with Crippen LogP contribution in [0.3, 0.4) is 0 Å². The van der Waals surface area contributed by atoms with E-state index in [4.69, 9.17) is 11.6 Å². The van der Waals surface area contributed by atoms with Gasteiger partial charge in [-0.05, 0) is 18.6 Å². The lowest BCUT2D eigenvalue weighted by atomic mass is 9.73. The second-order valence-corrected chi connectivity index (χ2v) is 5.52. The highest BCUT2D eigenvalue weighted by Gasteiger charge is 2.49. The zero-order chi connectivity index (χ0) is 11.2. The molecule has 0 bridgehead atoms. The Kier molecular flexibility index (Phi) is 2.38. The first kappa shape index (κ1) is 10.4. The van der Waals surface area contributed by atoms with E-state index in [-0.39, 0.29) is 0 Å². The third-order valence-corrected chi connectivity index (χ3v) is 3.60. The zero-order valence-electron chi connectivity index (χ0n) is 9.36. The average Bonchev–Trinajstić information content (AvgIpc) is 2.16. The predicted molar refractivity (Wildman–Crippen MR) is 62.2 cm³/mol. The monoisotopic (exact) mass is 238 g/mol. The van der Waals surface area contributed by atoms with Gasteiger partial charge in [-0.2, -0.15) is 0 Å². The van der Waals surface area contributed by atoms with Gasteiger partial charge in [0.1, 0.15) is 0 Å². The molecular weight excluding hydrogens is 224 g/mol. The molecule has 2 aliphatic heterocycles. The lowest BCUT2D eigenvalue weighted by Crippen LogP contribution is -2.70. The SMILES string of the molecule is CN1CC2(C1)CN(Cc1cnc(Cl)nc1)C2. The standard InChI is InChI=1S/C11H15ClN4/c1-15-5-11(6-15)7-16(8-11)4-9-2-13-10(12)14-3-9/h2-3H,4-8H2,1H3. The van der Waals surface area contributed by atoms with Crippen LogP contribution < -0.4 is 0 Å². The van der Waals surface area contributed by atoms with Crippen molar-refractivity contribution >= 4 is 11.6 Å². The van der Waals surface area contributed by atoms with Gasteiger partial charge >= 0.3 is 0 Å². The summed E-state index contributed by atoms with van der Waals surface area (Å²) in [5, 5.41) is 0.324. The van der Waals surface area contributed by atoms with Crippen molar-refractivity contribution in [1.82, 2.24) is 19.8 Å². The summed E-state index contributed by atoms with van der Waals surface area (Å²) in [6.45, 7) is 5.86. The van der Waals surface area contributed by atoms with Crippen LogP contribution in [0.15, 0.2) is 12.4 Å². The van der Waals surface area contributed by atoms with Crippen LogP contribution in [0, 0.1) is 5.41 Å². The lowest BCUT2D eigenvalue weighted by molar-refractivity contribution is -0.108. The molecule has 86 valence electrons. The molecule has 3 heterocycles. The zero-order valence-corrected chi connectivity index (χ0v) is 10.1. The van der Waals surface area contributed by atoms with Gasteiger partial charge in [-0.15, -0.1) is 0 Å². The van der Waals surface area contributed by atoms with Crippen LogP contribution in [0.5, 0.6) is 0 Å². The Morgan fingerprint density at radius 3 is 2.44 bits per heavy atom. The van der Waals surface area contributed by atoms with Crippen LogP contribution in [0.4, 0.5) is 0 Å². The fourth-order valence-corrected chi connectivity index (χ4v) is 3.09. The van der Waals surface area contributed by atoms with Gasteiger partial charge in [0.2, 0.25) is 5.28 Å². The van der Waals surface area contributed by atoms with Crippen LogP contribution in [0.2, 0.25) is 5.28 Å². The molecule has 0 unspecified atom stereocenters. The highest BCUT2D eigenvalue weighted by Crippen LogP contribution is 2.39. The molecule has 0 radical (unpaired) electrons. The number of rotatable bonds is 2. The summed E-state index contributed by atoms with van der Waals surface area (Å²) in [6.07, 6.45) is 3.63. The second kappa shape index (κ2) is 3.65. The summed E-state index contributed by atoms with van der Waals surface area (Å²) in [4.78, 5) is 12.8. The third kappa shape index (κ3) is 1.81. The van der Waals surface area contributed by atoms with Gasteiger partial charge in [0.25, 0.3) is 0 Å². The molecule has 0 amide bonds. The van der Waals surface area contributed by atoms with E-state index in [1.807, 2.05) is 12.4 Å². The molecule has 2 fully saturated rings. The minimum Gasteiger partial charge on any atom is -0.305 e. The summed E-state index contributed by atoms with van der Waals surface area (Å²) in [6, 6.07) is 0. The van der Waals surface area contributed by atoms with Gasteiger partial charge in [-0.3, -0.25) is 4.90 Å². The molecule has 0 aromatic carbocycles. The lowest BCUT2D eigenvalue weighted by Gasteiger charge is -2.59. The Morgan fingerprint density at radius 2 is 1.88 bits per heavy atom. The predicted octanol–water partition coefficient (Wildman–Crippen LogP) is 0.877. The van der Waals surface area contributed by atoms with Crippen molar-refractivity contribution in [3.8, 4) is 0 Å². The normalized spacial score (nSPS) is 24.1. The van der Waals surface area contributed by atoms with E-state index in [0.29, 0.717) is 10.7 Å². The first-order chi connectivity index (χ1) is 7.65. The van der Waals surface area contributed by atoms with E-state index in [1.54, 1.807) is 0 Å². The van der Waals surface area contributed by atoms with E-state index >= 15 is 0 Å². The molecule has 0 N–H and O–H groups in total. The second-order valence-electron chi connectivity index (χ2n) is 5.18. The number of nitrogens with zero attached hydrogens (tertiary/aromatic N) is 4. The van der Waals surface area contributed by atoms with Crippen molar-refractivity contribution in [1.29, 1.82) is 0 Å². The molecule has 1 spiro atoms. The maximum absolute atomic E-state index is 5.65. The molecule has 0 aliphatic carbocycles. The van der Waals surface area contributed by atoms with Crippen LogP contribution in [0.1, 0.15) is 5.56 Å². The van der Waals surface area contributed by atoms with Gasteiger partial charge in [-0.25, -0.2) is 9.97 Å². The molecule has 3 rings (SSSR count). The van der Waals surface area contributed by atoms with Crippen LogP contribution in [-0.4, -0.2) is 53.0 Å². The summed E-state index contributed by atoms with van der Waals surface area (Å²) in [5.41, 5.74) is 1.74. The van der Waals surface area contributed by atoms with E-state index in [9.17, 15) is 0 Å². The number of aromatic nitrogens is 2. The van der Waals surface area contributed by atoms with Gasteiger partial charge < -0.3 is 4.90 Å². The quantitative estimate of drug-likeness (QED) is 0.716. The minimum atomic E-state index is 0.324. The Labute approximate surface area is 100 Å². The fraction of sp³-hybridized carbons (Fsp3) is 0.636. The molecule has 16 heavy (non-hydrogen) atoms. The van der Waals surface area contributed by atoms with Crippen molar-refractivity contribution in [3.63, 3.8) is 0 Å². The topological polar surface area (TPSA) is 32.3 Å². The molecule has 2 saturated heterocycles. The van der Waals surface area contributed by atoms with E-state index in [1.165, 1.54) is 26.2 Å². The maximum Gasteiger partial charge on any atom is 0.222 e. The van der Waals surface area contributed by atoms with Crippen LogP contribution in [-0.2, 0) is 6.54 Å². The molecule has 0 saturated carbocycles. The third-order valence-electron chi connectivity index (χ3n) is 3.41. The molecule has 2 aliphatic rings. The van der Waals surface area contributed by atoms with Gasteiger partial charge in [0.15, 0.2) is 0 Å². The van der Waals surface area contributed by atoms with Crippen molar-refractivity contribution < 1.29 is 0 Å². The molecular formula is C11H15ClN4. The van der Waals surface area contributed by atoms with Crippen molar-refractivity contribution in [2.75, 3.05) is 33.2 Å². The van der Waals surface area contributed by atoms with Gasteiger partial charge in [0, 0.05) is 56.1 Å². The first-order valence-electron chi connectivity index (χ1n) is 5.53. The van der Waals surface area contributed by atoms with Crippen molar-refractivity contribution in [2.45, 2.75) is 6.54 Å². The molecule has 1 aromatic rings. The summed E-state index contributed by atoms with van der Waals surface area (Å²) in [7, 11) is 2.18. The highest BCUT2D eigenvalue weighted by atomic mass is 35.5. The van der Waals surface area contributed by atoms with Gasteiger partial charge in [-0.1, -0.05) is 0 Å². The van der Waals surface area contributed by atoms with Crippen LogP contribution in [0.25, 0.3) is 0 Å². The smallest absolute Gasteiger partial charge is 0.222 e. The summed E-state index contributed by atoms with van der Waals surface area (Å²) < 4.78 is 0. The Bertz CT molecular complexity index is 377. The van der Waals surface area contributed by atoms with E-state index in [0.717, 1.165) is 12.1 Å². The largest absolute Gasteiger partial charge is 0.305 e. The number of likely N-dealkylation sites (tertiary alicyclic amines) is 2. The molecule has 5 heteroatoms. The fourth-order valence-electron chi connectivity index (χ4n) is 2.99. The number of halogens is 1. The summed E-state index contributed by atoms with van der Waals surface area (Å²) >= 11 is 5.65. The van der Waals surface area contributed by atoms with Crippen molar-refractivity contribution in [2.24, 2.45) is 5.41 Å². The van der Waals surface area contributed by atoms with Gasteiger partial charge in [0.05, 0.1) is 0 Å². The average molecular weight is 239 g/mol. The molecule has 4 nitrogen and oxygen atoms in total. The summed E-state index contributed by atoms with van der Waals surface area (Å²) in [5.74, 6) is 0. The van der Waals surface area contributed by atoms with Crippen LogP contribution >= 0.6 is 11.6 Å². The first-order valence-corrected chi connectivity index (χ1v) is 5.90. The Morgan fingerprint density at radius 1 is 1.25 bits per heavy atom. The van der Waals surface area contributed by atoms with E-state index in [2.05, 4.69) is 26.8 Å². The highest BCUT2D eigenvalue weighted by molar-refractivity contribution is 6.28. The minimum absolute atomic E-state index is 0.324. The number of hydrogen-bond acceptors (Lipinski definition) is 4. The number of hydrogen-bond donors (Lipinski definition) is 0. The van der Waals surface area contributed by atoms with Crippen molar-refractivity contribution in [3.05, 3.63) is 23.2 Å². The molecule has 0 atom stereocenters. The maximum atomic E-state index is 5.65. The Hall–Kier alpha value is -0.710.